The number of amides is 1. The zero-order valence-corrected chi connectivity index (χ0v) is 17.5. The third-order valence-corrected chi connectivity index (χ3v) is 7.36. The van der Waals surface area contributed by atoms with E-state index >= 15 is 4.39 Å². The van der Waals surface area contributed by atoms with Crippen molar-refractivity contribution in [2.24, 2.45) is 11.3 Å². The van der Waals surface area contributed by atoms with Crippen LogP contribution in [0.4, 0.5) is 23.2 Å². The summed E-state index contributed by atoms with van der Waals surface area (Å²) in [5.74, 6) is -2.37. The van der Waals surface area contributed by atoms with E-state index in [1.54, 1.807) is 4.72 Å². The van der Waals surface area contributed by atoms with Gasteiger partial charge in [-0.15, -0.1) is 0 Å². The first kappa shape index (κ1) is 22.6. The maximum absolute atomic E-state index is 15.2. The van der Waals surface area contributed by atoms with E-state index in [0.29, 0.717) is 35.6 Å². The van der Waals surface area contributed by atoms with E-state index < -0.39 is 51.5 Å². The summed E-state index contributed by atoms with van der Waals surface area (Å²) in [5.41, 5.74) is -1.60. The molecule has 11 heteroatoms. The molecule has 2 N–H and O–H groups in total. The summed E-state index contributed by atoms with van der Waals surface area (Å²) in [6.07, 6.45) is -2.22. The van der Waals surface area contributed by atoms with Gasteiger partial charge in [-0.1, -0.05) is 26.7 Å². The number of nitrogens with zero attached hydrogens (tertiary/aromatic N) is 1. The van der Waals surface area contributed by atoms with Gasteiger partial charge in [0.05, 0.1) is 5.41 Å². The van der Waals surface area contributed by atoms with Crippen LogP contribution in [0.2, 0.25) is 0 Å². The zero-order chi connectivity index (χ0) is 22.5. The molecule has 6 nitrogen and oxygen atoms in total. The average molecular weight is 452 g/mol. The first-order valence-corrected chi connectivity index (χ1v) is 11.1. The number of hydrogen-bond acceptors (Lipinski definition) is 4. The Kier molecular flexibility index (Phi) is 5.72. The van der Waals surface area contributed by atoms with Crippen molar-refractivity contribution in [3.8, 4) is 5.75 Å². The molecule has 3 rings (SSSR count). The fourth-order valence-corrected chi connectivity index (χ4v) is 5.18. The predicted molar refractivity (Wildman–Crippen MR) is 102 cm³/mol. The van der Waals surface area contributed by atoms with Gasteiger partial charge >= 0.3 is 16.4 Å². The van der Waals surface area contributed by atoms with Crippen LogP contribution in [0.15, 0.2) is 6.07 Å². The van der Waals surface area contributed by atoms with Gasteiger partial charge in [0.15, 0.2) is 5.82 Å². The highest BCUT2D eigenvalue weighted by Gasteiger charge is 2.46. The fraction of sp³-hybridized carbons (Fsp3) is 0.632. The second-order valence-electron chi connectivity index (χ2n) is 8.62. The van der Waals surface area contributed by atoms with E-state index in [1.165, 1.54) is 6.07 Å². The highest BCUT2D eigenvalue weighted by Crippen LogP contribution is 2.44. The molecule has 1 aromatic rings. The molecular formula is C19H24F4N2O4S. The number of phenols is 1. The maximum atomic E-state index is 15.2. The second kappa shape index (κ2) is 7.58. The van der Waals surface area contributed by atoms with Gasteiger partial charge in [0, 0.05) is 0 Å². The molecule has 0 bridgehead atoms. The molecule has 0 radical (unpaired) electrons. The number of halogens is 4. The SMILES string of the molecule is CC(C)(CCCC1CCc2cc(O)c(N3CC(=O)NS3(=O)=O)c(F)c2C1)C(F)(F)F. The summed E-state index contributed by atoms with van der Waals surface area (Å²) in [6, 6.07) is 1.30. The van der Waals surface area contributed by atoms with Gasteiger partial charge in [-0.25, -0.2) is 13.4 Å². The number of aryl methyl sites for hydroxylation is 1. The minimum atomic E-state index is -4.29. The van der Waals surface area contributed by atoms with Crippen LogP contribution in [-0.2, 0) is 27.8 Å². The Balaban J connectivity index is 1.78. The predicted octanol–water partition coefficient (Wildman–Crippen LogP) is 3.58. The van der Waals surface area contributed by atoms with Crippen molar-refractivity contribution in [1.82, 2.24) is 4.72 Å². The van der Waals surface area contributed by atoms with Crippen LogP contribution >= 0.6 is 0 Å². The minimum Gasteiger partial charge on any atom is -0.506 e. The van der Waals surface area contributed by atoms with Gasteiger partial charge in [-0.2, -0.15) is 21.6 Å². The van der Waals surface area contributed by atoms with E-state index in [4.69, 9.17) is 0 Å². The summed E-state index contributed by atoms with van der Waals surface area (Å²) >= 11 is 0. The molecule has 2 aliphatic rings. The number of alkyl halides is 3. The lowest BCUT2D eigenvalue weighted by Gasteiger charge is -2.30. The number of phenolic OH excluding ortho intramolecular Hbond substituents is 1. The third kappa shape index (κ3) is 4.21. The standard InChI is InChI=1S/C19H24F4N2O4S/c1-18(2,19(21,22)23)7-3-4-11-5-6-12-9-14(26)17(16(20)13(12)8-11)25-10-15(27)24-30(25,28)29/h9,11,26H,3-8,10H2,1-2H3,(H,24,27). The number of nitrogens with one attached hydrogen (secondary N) is 1. The van der Waals surface area contributed by atoms with Crippen molar-refractivity contribution in [3.63, 3.8) is 0 Å². The molecule has 1 amide bonds. The van der Waals surface area contributed by atoms with Gasteiger partial charge in [0.2, 0.25) is 0 Å². The number of carbonyl (C=O) groups excluding carboxylic acids is 1. The lowest BCUT2D eigenvalue weighted by Crippen LogP contribution is -2.32. The molecule has 1 heterocycles. The Labute approximate surface area is 172 Å². The Bertz CT molecular complexity index is 960. The van der Waals surface area contributed by atoms with E-state index in [0.717, 1.165) is 13.8 Å². The van der Waals surface area contributed by atoms with Crippen LogP contribution in [-0.4, -0.2) is 32.2 Å². The molecule has 1 aromatic carbocycles. The van der Waals surface area contributed by atoms with Crippen molar-refractivity contribution in [3.05, 3.63) is 23.0 Å². The first-order chi connectivity index (χ1) is 13.7. The number of carbonyl (C=O) groups is 1. The van der Waals surface area contributed by atoms with Gasteiger partial charge in [-0.3, -0.25) is 4.79 Å². The van der Waals surface area contributed by atoms with E-state index in [2.05, 4.69) is 0 Å². The normalized spacial score (nSPS) is 21.5. The number of anilines is 1. The maximum Gasteiger partial charge on any atom is 0.393 e. The molecule has 1 atom stereocenters. The van der Waals surface area contributed by atoms with Crippen molar-refractivity contribution >= 4 is 21.8 Å². The van der Waals surface area contributed by atoms with Crippen molar-refractivity contribution in [2.45, 2.75) is 58.5 Å². The summed E-state index contributed by atoms with van der Waals surface area (Å²) in [5, 5.41) is 10.2. The van der Waals surface area contributed by atoms with Crippen LogP contribution in [0.5, 0.6) is 5.75 Å². The smallest absolute Gasteiger partial charge is 0.393 e. The number of rotatable bonds is 5. The highest BCUT2D eigenvalue weighted by molar-refractivity contribution is 7.92. The summed E-state index contributed by atoms with van der Waals surface area (Å²) in [6.45, 7) is 1.68. The molecule has 1 aliphatic heterocycles. The molecule has 1 fully saturated rings. The summed E-state index contributed by atoms with van der Waals surface area (Å²) in [4.78, 5) is 11.5. The van der Waals surface area contributed by atoms with Gasteiger partial charge < -0.3 is 5.11 Å². The van der Waals surface area contributed by atoms with E-state index in [1.807, 2.05) is 0 Å². The Hall–Kier alpha value is -2.04. The van der Waals surface area contributed by atoms with Gasteiger partial charge in [0.1, 0.15) is 18.0 Å². The number of aromatic hydroxyl groups is 1. The quantitative estimate of drug-likeness (QED) is 0.669. The molecule has 1 unspecified atom stereocenters. The summed E-state index contributed by atoms with van der Waals surface area (Å²) in [7, 11) is -4.29. The van der Waals surface area contributed by atoms with Crippen molar-refractivity contribution in [1.29, 1.82) is 0 Å². The molecular weight excluding hydrogens is 428 g/mol. The molecule has 1 saturated heterocycles. The Morgan fingerprint density at radius 1 is 1.30 bits per heavy atom. The Morgan fingerprint density at radius 2 is 1.97 bits per heavy atom. The van der Waals surface area contributed by atoms with Crippen molar-refractivity contribution in [2.75, 3.05) is 10.8 Å². The number of fused-ring (bicyclic) bond motifs is 1. The van der Waals surface area contributed by atoms with E-state index in [-0.39, 0.29) is 24.3 Å². The largest absolute Gasteiger partial charge is 0.506 e. The van der Waals surface area contributed by atoms with Crippen LogP contribution < -0.4 is 9.03 Å². The minimum absolute atomic E-state index is 0.0387. The number of hydrogen-bond donors (Lipinski definition) is 2. The monoisotopic (exact) mass is 452 g/mol. The lowest BCUT2D eigenvalue weighted by molar-refractivity contribution is -0.214. The molecule has 30 heavy (non-hydrogen) atoms. The molecule has 0 saturated carbocycles. The van der Waals surface area contributed by atoms with Crippen LogP contribution in [0.3, 0.4) is 0 Å². The average Bonchev–Trinajstić information content (AvgIpc) is 2.86. The summed E-state index contributed by atoms with van der Waals surface area (Å²) < 4.78 is 80.6. The van der Waals surface area contributed by atoms with E-state index in [9.17, 15) is 31.5 Å². The number of benzene rings is 1. The van der Waals surface area contributed by atoms with Crippen LogP contribution in [0.1, 0.15) is 50.7 Å². The molecule has 1 aliphatic carbocycles. The van der Waals surface area contributed by atoms with Gasteiger partial charge in [-0.05, 0) is 48.8 Å². The van der Waals surface area contributed by atoms with Gasteiger partial charge in [0.25, 0.3) is 5.91 Å². The zero-order valence-electron chi connectivity index (χ0n) is 16.6. The molecule has 0 aromatic heterocycles. The highest BCUT2D eigenvalue weighted by atomic mass is 32.2. The van der Waals surface area contributed by atoms with Crippen LogP contribution in [0, 0.1) is 17.2 Å². The Morgan fingerprint density at radius 3 is 2.53 bits per heavy atom. The lowest BCUT2D eigenvalue weighted by atomic mass is 9.78. The van der Waals surface area contributed by atoms with Crippen LogP contribution in [0.25, 0.3) is 0 Å². The fourth-order valence-electron chi connectivity index (χ4n) is 4.01. The molecule has 0 spiro atoms. The molecule has 168 valence electrons. The topological polar surface area (TPSA) is 86.7 Å². The third-order valence-electron chi connectivity index (χ3n) is 5.98. The second-order valence-corrected chi connectivity index (χ2v) is 10.2. The van der Waals surface area contributed by atoms with Crippen molar-refractivity contribution < 1.29 is 35.9 Å². The first-order valence-electron chi connectivity index (χ1n) is 9.66.